The van der Waals surface area contributed by atoms with Crippen LogP contribution in [0.2, 0.25) is 0 Å². The number of aryl methyl sites for hydroxylation is 1. The van der Waals surface area contributed by atoms with E-state index in [4.69, 9.17) is 4.52 Å². The maximum atomic E-state index is 13.6. The van der Waals surface area contributed by atoms with Crippen molar-refractivity contribution in [3.63, 3.8) is 0 Å². The second-order valence-corrected chi connectivity index (χ2v) is 7.37. The highest BCUT2D eigenvalue weighted by Crippen LogP contribution is 2.34. The molecule has 152 valence electrons. The molecule has 1 fully saturated rings. The van der Waals surface area contributed by atoms with Gasteiger partial charge in [-0.1, -0.05) is 17.3 Å². The minimum atomic E-state index is -2.67. The Kier molecular flexibility index (Phi) is 5.25. The summed E-state index contributed by atoms with van der Waals surface area (Å²) in [5.41, 5.74) is 1.57. The molecular weight excluding hydrogens is 383 g/mol. The van der Waals surface area contributed by atoms with E-state index < -0.39 is 6.43 Å². The van der Waals surface area contributed by atoms with Gasteiger partial charge in [-0.2, -0.15) is 0 Å². The number of benzene rings is 1. The SMILES string of the molecule is Cc1noc2nc([C@@H]3CCCN(C(=O)Cc4ccc(F)cc4)C3)cc(C(F)F)c12. The Morgan fingerprint density at radius 2 is 2.07 bits per heavy atom. The summed E-state index contributed by atoms with van der Waals surface area (Å²) in [6.07, 6.45) is -1.01. The van der Waals surface area contributed by atoms with Gasteiger partial charge in [0.05, 0.1) is 17.5 Å². The van der Waals surface area contributed by atoms with Crippen LogP contribution in [0.25, 0.3) is 11.1 Å². The first-order valence-electron chi connectivity index (χ1n) is 9.49. The lowest BCUT2D eigenvalue weighted by molar-refractivity contribution is -0.131. The zero-order valence-electron chi connectivity index (χ0n) is 15.9. The second kappa shape index (κ2) is 7.85. The van der Waals surface area contributed by atoms with E-state index in [-0.39, 0.29) is 40.7 Å². The molecule has 5 nitrogen and oxygen atoms in total. The molecule has 8 heteroatoms. The van der Waals surface area contributed by atoms with Crippen molar-refractivity contribution in [1.82, 2.24) is 15.0 Å². The van der Waals surface area contributed by atoms with Gasteiger partial charge in [0.15, 0.2) is 0 Å². The summed E-state index contributed by atoms with van der Waals surface area (Å²) in [7, 11) is 0. The Labute approximate surface area is 165 Å². The first-order chi connectivity index (χ1) is 13.9. The normalized spacial score (nSPS) is 17.3. The topological polar surface area (TPSA) is 59.2 Å². The van der Waals surface area contributed by atoms with Crippen molar-refractivity contribution in [3.8, 4) is 0 Å². The molecule has 0 radical (unpaired) electrons. The first-order valence-corrected chi connectivity index (χ1v) is 9.49. The van der Waals surface area contributed by atoms with Gasteiger partial charge in [-0.25, -0.2) is 18.2 Å². The number of carbonyl (C=O) groups excluding carboxylic acids is 1. The zero-order chi connectivity index (χ0) is 20.5. The van der Waals surface area contributed by atoms with E-state index in [1.807, 2.05) is 0 Å². The van der Waals surface area contributed by atoms with Crippen LogP contribution < -0.4 is 0 Å². The van der Waals surface area contributed by atoms with Gasteiger partial charge in [0.2, 0.25) is 5.91 Å². The van der Waals surface area contributed by atoms with Crippen LogP contribution in [0.4, 0.5) is 13.2 Å². The average molecular weight is 403 g/mol. The van der Waals surface area contributed by atoms with Crippen molar-refractivity contribution >= 4 is 17.0 Å². The number of hydrogen-bond acceptors (Lipinski definition) is 4. The molecule has 1 aromatic carbocycles. The molecule has 0 saturated carbocycles. The summed E-state index contributed by atoms with van der Waals surface area (Å²) >= 11 is 0. The molecule has 1 aliphatic heterocycles. The van der Waals surface area contributed by atoms with E-state index >= 15 is 0 Å². The van der Waals surface area contributed by atoms with Crippen LogP contribution in [0, 0.1) is 12.7 Å². The predicted molar refractivity (Wildman–Crippen MR) is 100 cm³/mol. The largest absolute Gasteiger partial charge is 0.342 e. The number of aromatic nitrogens is 2. The van der Waals surface area contributed by atoms with Crippen molar-refractivity contribution in [2.24, 2.45) is 0 Å². The number of pyridine rings is 1. The van der Waals surface area contributed by atoms with E-state index in [1.54, 1.807) is 24.0 Å². The second-order valence-electron chi connectivity index (χ2n) is 7.37. The van der Waals surface area contributed by atoms with Crippen LogP contribution >= 0.6 is 0 Å². The molecule has 4 rings (SSSR count). The summed E-state index contributed by atoms with van der Waals surface area (Å²) in [6, 6.07) is 7.24. The van der Waals surface area contributed by atoms with Gasteiger partial charge < -0.3 is 9.42 Å². The molecule has 3 aromatic rings. The van der Waals surface area contributed by atoms with Crippen LogP contribution in [0.1, 0.15) is 47.7 Å². The van der Waals surface area contributed by atoms with E-state index in [2.05, 4.69) is 10.1 Å². The maximum absolute atomic E-state index is 13.6. The molecule has 0 aliphatic carbocycles. The average Bonchev–Trinajstić information content (AvgIpc) is 3.10. The molecule has 0 bridgehead atoms. The van der Waals surface area contributed by atoms with E-state index in [9.17, 15) is 18.0 Å². The van der Waals surface area contributed by atoms with Gasteiger partial charge in [-0.3, -0.25) is 4.79 Å². The Hall–Kier alpha value is -2.90. The number of piperidine rings is 1. The van der Waals surface area contributed by atoms with Gasteiger partial charge in [0.25, 0.3) is 12.1 Å². The van der Waals surface area contributed by atoms with Gasteiger partial charge in [0, 0.05) is 30.3 Å². The summed E-state index contributed by atoms with van der Waals surface area (Å²) in [6.45, 7) is 2.60. The van der Waals surface area contributed by atoms with Crippen molar-refractivity contribution in [2.45, 2.75) is 38.5 Å². The van der Waals surface area contributed by atoms with E-state index in [1.165, 1.54) is 18.2 Å². The fourth-order valence-electron chi connectivity index (χ4n) is 3.86. The van der Waals surface area contributed by atoms with Crippen molar-refractivity contribution in [3.05, 3.63) is 58.7 Å². The summed E-state index contributed by atoms with van der Waals surface area (Å²) < 4.78 is 45.4. The Balaban J connectivity index is 1.55. The fraction of sp³-hybridized carbons (Fsp3) is 0.381. The molecule has 0 N–H and O–H groups in total. The molecule has 0 unspecified atom stereocenters. The third-order valence-electron chi connectivity index (χ3n) is 5.36. The van der Waals surface area contributed by atoms with Crippen LogP contribution in [-0.2, 0) is 11.2 Å². The number of fused-ring (bicyclic) bond motifs is 1. The quantitative estimate of drug-likeness (QED) is 0.641. The first kappa shape index (κ1) is 19.4. The van der Waals surface area contributed by atoms with Gasteiger partial charge in [0.1, 0.15) is 5.82 Å². The zero-order valence-corrected chi connectivity index (χ0v) is 15.9. The van der Waals surface area contributed by atoms with Crippen LogP contribution in [-0.4, -0.2) is 34.0 Å². The predicted octanol–water partition coefficient (Wildman–Crippen LogP) is 4.56. The highest BCUT2D eigenvalue weighted by molar-refractivity contribution is 5.81. The molecular formula is C21H20F3N3O2. The standard InChI is InChI=1S/C21H20F3N3O2/c1-12-19-16(20(23)24)10-17(25-21(19)29-26-12)14-3-2-8-27(11-14)18(28)9-13-4-6-15(22)7-5-13/h4-7,10,14,20H,2-3,8-9,11H2,1H3/t14-/m1/s1. The summed E-state index contributed by atoms with van der Waals surface area (Å²) in [5, 5.41) is 4.01. The number of likely N-dealkylation sites (tertiary alicyclic amines) is 1. The molecule has 1 atom stereocenters. The number of hydrogen-bond donors (Lipinski definition) is 0. The third-order valence-corrected chi connectivity index (χ3v) is 5.36. The number of carbonyl (C=O) groups is 1. The monoisotopic (exact) mass is 403 g/mol. The van der Waals surface area contributed by atoms with E-state index in [0.29, 0.717) is 24.5 Å². The summed E-state index contributed by atoms with van der Waals surface area (Å²) in [4.78, 5) is 18.8. The van der Waals surface area contributed by atoms with Crippen molar-refractivity contribution in [1.29, 1.82) is 0 Å². The number of nitrogens with zero attached hydrogens (tertiary/aromatic N) is 3. The van der Waals surface area contributed by atoms with Gasteiger partial charge in [-0.15, -0.1) is 0 Å². The Morgan fingerprint density at radius 3 is 2.79 bits per heavy atom. The molecule has 1 aliphatic rings. The van der Waals surface area contributed by atoms with Crippen LogP contribution in [0.15, 0.2) is 34.9 Å². The number of rotatable bonds is 4. The van der Waals surface area contributed by atoms with E-state index in [0.717, 1.165) is 18.4 Å². The molecule has 1 saturated heterocycles. The molecule has 3 heterocycles. The highest BCUT2D eigenvalue weighted by Gasteiger charge is 2.28. The van der Waals surface area contributed by atoms with Crippen molar-refractivity contribution < 1.29 is 22.5 Å². The molecule has 1 amide bonds. The third kappa shape index (κ3) is 3.97. The van der Waals surface area contributed by atoms with Crippen molar-refractivity contribution in [2.75, 3.05) is 13.1 Å². The number of amides is 1. The Morgan fingerprint density at radius 1 is 1.31 bits per heavy atom. The lowest BCUT2D eigenvalue weighted by atomic mass is 9.92. The maximum Gasteiger partial charge on any atom is 0.264 e. The lowest BCUT2D eigenvalue weighted by Gasteiger charge is -2.32. The fourth-order valence-corrected chi connectivity index (χ4v) is 3.86. The number of halogens is 3. The summed E-state index contributed by atoms with van der Waals surface area (Å²) in [5.74, 6) is -0.585. The lowest BCUT2D eigenvalue weighted by Crippen LogP contribution is -2.40. The molecule has 0 spiro atoms. The van der Waals surface area contributed by atoms with Gasteiger partial charge >= 0.3 is 0 Å². The number of alkyl halides is 2. The molecule has 2 aromatic heterocycles. The minimum Gasteiger partial charge on any atom is -0.342 e. The van der Waals surface area contributed by atoms with Crippen LogP contribution in [0.3, 0.4) is 0 Å². The smallest absolute Gasteiger partial charge is 0.264 e. The van der Waals surface area contributed by atoms with Crippen LogP contribution in [0.5, 0.6) is 0 Å². The van der Waals surface area contributed by atoms with Gasteiger partial charge in [-0.05, 0) is 43.5 Å². The minimum absolute atomic E-state index is 0.0769. The molecule has 29 heavy (non-hydrogen) atoms. The highest BCUT2D eigenvalue weighted by atomic mass is 19.3. The Bertz CT molecular complexity index is 1030.